The Kier molecular flexibility index (Phi) is 1.39. The lowest BCUT2D eigenvalue weighted by Gasteiger charge is -1.82. The molecule has 0 saturated heterocycles. The van der Waals surface area contributed by atoms with E-state index < -0.39 is 0 Å². The molecule has 0 atom stereocenters. The first-order chi connectivity index (χ1) is 3.80. The maximum absolute atomic E-state index is 8.76. The standard InChI is InChI=1S/C5H5NOS/c7-6-4-2-1-3-5(6)8/h1-4,7H/p+1. The van der Waals surface area contributed by atoms with Gasteiger partial charge in [-0.05, 0) is 6.07 Å². The van der Waals surface area contributed by atoms with E-state index in [0.717, 1.165) is 4.73 Å². The Balaban J connectivity index is 3.13. The topological polar surface area (TPSA) is 24.1 Å². The van der Waals surface area contributed by atoms with Crippen LogP contribution in [0.4, 0.5) is 0 Å². The summed E-state index contributed by atoms with van der Waals surface area (Å²) in [6.45, 7) is 0. The minimum atomic E-state index is 0.535. The van der Waals surface area contributed by atoms with Crippen LogP contribution in [0.2, 0.25) is 0 Å². The number of nitrogens with zero attached hydrogens (tertiary/aromatic N) is 1. The minimum Gasteiger partial charge on any atom is -0.284 e. The molecule has 0 amide bonds. The molecule has 1 aromatic heterocycles. The second-order valence-electron chi connectivity index (χ2n) is 1.40. The smallest absolute Gasteiger partial charge is 0.284 e. The van der Waals surface area contributed by atoms with Gasteiger partial charge in [0.15, 0.2) is 0 Å². The Bertz CT molecular complexity index is 169. The van der Waals surface area contributed by atoms with E-state index in [1.165, 1.54) is 6.20 Å². The van der Waals surface area contributed by atoms with Crippen molar-refractivity contribution in [2.45, 2.75) is 5.03 Å². The van der Waals surface area contributed by atoms with E-state index in [1.54, 1.807) is 18.2 Å². The zero-order valence-electron chi connectivity index (χ0n) is 4.15. The maximum Gasteiger partial charge on any atom is 0.287 e. The fraction of sp³-hybridized carbons (Fsp3) is 0. The summed E-state index contributed by atoms with van der Waals surface area (Å²) in [6.07, 6.45) is 1.52. The van der Waals surface area contributed by atoms with Crippen molar-refractivity contribution in [2.24, 2.45) is 0 Å². The molecule has 1 heterocycles. The van der Waals surface area contributed by atoms with Gasteiger partial charge in [-0.25, -0.2) is 0 Å². The highest BCUT2D eigenvalue weighted by molar-refractivity contribution is 7.80. The molecular formula is C5H6NOS+. The van der Waals surface area contributed by atoms with Crippen LogP contribution in [0.1, 0.15) is 0 Å². The number of rotatable bonds is 0. The van der Waals surface area contributed by atoms with Crippen molar-refractivity contribution in [3.8, 4) is 0 Å². The van der Waals surface area contributed by atoms with Crippen molar-refractivity contribution in [3.05, 3.63) is 24.4 Å². The summed E-state index contributed by atoms with van der Waals surface area (Å²) in [7, 11) is 0. The van der Waals surface area contributed by atoms with Gasteiger partial charge >= 0.3 is 0 Å². The zero-order chi connectivity index (χ0) is 5.98. The van der Waals surface area contributed by atoms with Gasteiger partial charge < -0.3 is 0 Å². The first kappa shape index (κ1) is 5.44. The van der Waals surface area contributed by atoms with Crippen molar-refractivity contribution in [1.82, 2.24) is 0 Å². The molecule has 8 heavy (non-hydrogen) atoms. The monoisotopic (exact) mass is 128 g/mol. The second-order valence-corrected chi connectivity index (χ2v) is 1.86. The largest absolute Gasteiger partial charge is 0.287 e. The van der Waals surface area contributed by atoms with E-state index in [9.17, 15) is 0 Å². The molecule has 1 aromatic rings. The van der Waals surface area contributed by atoms with Gasteiger partial charge in [0.25, 0.3) is 5.03 Å². The SMILES string of the molecule is O[n+]1ccccc1S. The van der Waals surface area contributed by atoms with Crippen molar-refractivity contribution < 1.29 is 9.94 Å². The van der Waals surface area contributed by atoms with E-state index in [0.29, 0.717) is 5.03 Å². The minimum absolute atomic E-state index is 0.535. The second kappa shape index (κ2) is 2.05. The van der Waals surface area contributed by atoms with E-state index in [2.05, 4.69) is 12.6 Å². The Morgan fingerprint density at radius 1 is 1.50 bits per heavy atom. The molecule has 0 bridgehead atoms. The van der Waals surface area contributed by atoms with E-state index in [4.69, 9.17) is 5.21 Å². The van der Waals surface area contributed by atoms with Crippen LogP contribution in [0.25, 0.3) is 0 Å². The predicted molar refractivity (Wildman–Crippen MR) is 31.1 cm³/mol. The molecule has 42 valence electrons. The summed E-state index contributed by atoms with van der Waals surface area (Å²) in [5, 5.41) is 9.29. The highest BCUT2D eigenvalue weighted by Crippen LogP contribution is 1.92. The number of hydrogen-bond acceptors (Lipinski definition) is 2. The lowest BCUT2D eigenvalue weighted by molar-refractivity contribution is -0.932. The Hall–Kier alpha value is -0.700. The lowest BCUT2D eigenvalue weighted by Crippen LogP contribution is -2.30. The third-order valence-corrected chi connectivity index (χ3v) is 1.17. The van der Waals surface area contributed by atoms with Gasteiger partial charge in [-0.2, -0.15) is 0 Å². The fourth-order valence-corrected chi connectivity index (χ4v) is 0.578. The summed E-state index contributed by atoms with van der Waals surface area (Å²) < 4.78 is 0.948. The molecule has 0 aromatic carbocycles. The van der Waals surface area contributed by atoms with Gasteiger partial charge in [0.1, 0.15) is 0 Å². The van der Waals surface area contributed by atoms with Crippen molar-refractivity contribution in [2.75, 3.05) is 0 Å². The van der Waals surface area contributed by atoms with E-state index in [-0.39, 0.29) is 0 Å². The van der Waals surface area contributed by atoms with Crippen LogP contribution in [0, 0.1) is 0 Å². The van der Waals surface area contributed by atoms with Gasteiger partial charge in [0.2, 0.25) is 6.20 Å². The molecule has 0 fully saturated rings. The third kappa shape index (κ3) is 0.924. The van der Waals surface area contributed by atoms with E-state index >= 15 is 0 Å². The van der Waals surface area contributed by atoms with Crippen molar-refractivity contribution >= 4 is 12.6 Å². The molecular weight excluding hydrogens is 122 g/mol. The molecule has 1 rings (SSSR count). The van der Waals surface area contributed by atoms with Crippen LogP contribution in [0.5, 0.6) is 0 Å². The average molecular weight is 128 g/mol. The Labute approximate surface area is 52.8 Å². The summed E-state index contributed by atoms with van der Waals surface area (Å²) >= 11 is 3.91. The number of aromatic nitrogens is 1. The molecule has 3 heteroatoms. The highest BCUT2D eigenvalue weighted by Gasteiger charge is 1.97. The summed E-state index contributed by atoms with van der Waals surface area (Å²) in [4.78, 5) is 0. The van der Waals surface area contributed by atoms with Gasteiger partial charge in [-0.3, -0.25) is 5.21 Å². The molecule has 0 aliphatic carbocycles. The molecule has 0 spiro atoms. The number of thiol groups is 1. The normalized spacial score (nSPS) is 9.12. The Morgan fingerprint density at radius 2 is 2.25 bits per heavy atom. The van der Waals surface area contributed by atoms with Crippen LogP contribution in [-0.2, 0) is 0 Å². The van der Waals surface area contributed by atoms with Crippen molar-refractivity contribution in [3.63, 3.8) is 0 Å². The maximum atomic E-state index is 8.76. The molecule has 1 N–H and O–H groups in total. The third-order valence-electron chi connectivity index (χ3n) is 0.818. The van der Waals surface area contributed by atoms with Crippen LogP contribution in [-0.4, -0.2) is 5.21 Å². The van der Waals surface area contributed by atoms with Crippen LogP contribution in [0.3, 0.4) is 0 Å². The number of hydrogen-bond donors (Lipinski definition) is 2. The number of pyridine rings is 1. The highest BCUT2D eigenvalue weighted by atomic mass is 32.1. The predicted octanol–water partition coefficient (Wildman–Crippen LogP) is 0.500. The first-order valence-corrected chi connectivity index (χ1v) is 2.64. The lowest BCUT2D eigenvalue weighted by atomic mass is 10.5. The van der Waals surface area contributed by atoms with E-state index in [1.807, 2.05) is 0 Å². The quantitative estimate of drug-likeness (QED) is 0.297. The molecule has 0 aliphatic rings. The molecule has 0 unspecified atom stereocenters. The fourth-order valence-electron chi connectivity index (χ4n) is 0.426. The average Bonchev–Trinajstić information content (AvgIpc) is 1.77. The summed E-state index contributed by atoms with van der Waals surface area (Å²) in [5.74, 6) is 0. The Morgan fingerprint density at radius 3 is 2.62 bits per heavy atom. The van der Waals surface area contributed by atoms with Gasteiger partial charge in [0.05, 0.1) is 0 Å². The van der Waals surface area contributed by atoms with Crippen LogP contribution in [0.15, 0.2) is 29.4 Å². The van der Waals surface area contributed by atoms with Crippen LogP contribution < -0.4 is 4.73 Å². The molecule has 0 saturated carbocycles. The first-order valence-electron chi connectivity index (χ1n) is 2.19. The molecule has 2 nitrogen and oxygen atoms in total. The summed E-state index contributed by atoms with van der Waals surface area (Å²) in [5.41, 5.74) is 0. The molecule has 0 aliphatic heterocycles. The van der Waals surface area contributed by atoms with Gasteiger partial charge in [-0.1, -0.05) is 12.6 Å². The zero-order valence-corrected chi connectivity index (χ0v) is 5.05. The van der Waals surface area contributed by atoms with Gasteiger partial charge in [-0.15, -0.1) is 0 Å². The van der Waals surface area contributed by atoms with Crippen molar-refractivity contribution in [1.29, 1.82) is 0 Å². The van der Waals surface area contributed by atoms with Crippen LogP contribution >= 0.6 is 12.6 Å². The summed E-state index contributed by atoms with van der Waals surface area (Å²) in [6, 6.07) is 5.22. The molecule has 0 radical (unpaired) electrons. The van der Waals surface area contributed by atoms with Gasteiger partial charge in [0, 0.05) is 16.9 Å².